The molecule has 0 spiro atoms. The van der Waals surface area contributed by atoms with Crippen molar-refractivity contribution in [2.24, 2.45) is 7.05 Å². The Labute approximate surface area is 211 Å². The van der Waals surface area contributed by atoms with Gasteiger partial charge in [-0.1, -0.05) is 18.2 Å². The van der Waals surface area contributed by atoms with E-state index in [1.54, 1.807) is 15.5 Å². The molecule has 6 aromatic rings. The Morgan fingerprint density at radius 2 is 1.95 bits per heavy atom. The summed E-state index contributed by atoms with van der Waals surface area (Å²) in [6.07, 6.45) is 5.49. The number of aromatic nitrogens is 10. The number of nitrogens with zero attached hydrogens (tertiary/aromatic N) is 9. The smallest absolute Gasteiger partial charge is 0.244 e. The summed E-state index contributed by atoms with van der Waals surface area (Å²) in [4.78, 5) is 9.56. The Kier molecular flexibility index (Phi) is 4.56. The second-order valence-corrected chi connectivity index (χ2v) is 9.50. The number of aromatic amines is 1. The molecular formula is C26H24N10O. The summed E-state index contributed by atoms with van der Waals surface area (Å²) in [5.41, 5.74) is 8.58. The van der Waals surface area contributed by atoms with Crippen LogP contribution in [0.2, 0.25) is 0 Å². The second kappa shape index (κ2) is 7.85. The summed E-state index contributed by atoms with van der Waals surface area (Å²) < 4.78 is 11.6. The van der Waals surface area contributed by atoms with Gasteiger partial charge in [0.25, 0.3) is 0 Å². The van der Waals surface area contributed by atoms with Crippen LogP contribution in [0.4, 0.5) is 0 Å². The van der Waals surface area contributed by atoms with Crippen LogP contribution in [0.5, 0.6) is 11.8 Å². The molecule has 7 rings (SSSR count). The zero-order valence-corrected chi connectivity index (χ0v) is 20.8. The summed E-state index contributed by atoms with van der Waals surface area (Å²) in [5.74, 6) is 1.41. The molecule has 37 heavy (non-hydrogen) atoms. The number of benzene rings is 1. The lowest BCUT2D eigenvalue weighted by atomic mass is 9.86. The molecule has 11 nitrogen and oxygen atoms in total. The van der Waals surface area contributed by atoms with Crippen molar-refractivity contribution in [2.75, 3.05) is 0 Å². The molecule has 0 unspecified atom stereocenters. The largest absolute Gasteiger partial charge is 0.418 e. The standard InChI is InChI=1S/C26H24N10O/c1-14-8-15(2)35(32-14)11-17-6-5-7-18(9-17)23-29-24-22-21(19-10-28-34(4)12-19)20-16(3)30-31-26(20)37-25(22)27-13-36(24)33-23/h5-10,12-13,21H,11H2,1-4H3,(H,30,31)/t21-/m1/s1. The molecular weight excluding hydrogens is 468 g/mol. The molecule has 5 aromatic heterocycles. The number of H-pyrrole nitrogens is 1. The maximum Gasteiger partial charge on any atom is 0.244 e. The molecule has 6 heterocycles. The Bertz CT molecular complexity index is 1800. The molecule has 1 N–H and O–H groups in total. The zero-order chi connectivity index (χ0) is 25.3. The molecule has 0 amide bonds. The van der Waals surface area contributed by atoms with E-state index in [9.17, 15) is 0 Å². The highest BCUT2D eigenvalue weighted by molar-refractivity contribution is 5.68. The van der Waals surface area contributed by atoms with Gasteiger partial charge in [0.1, 0.15) is 6.33 Å². The summed E-state index contributed by atoms with van der Waals surface area (Å²) in [6, 6.07) is 10.3. The first-order chi connectivity index (χ1) is 17.9. The fraction of sp³-hybridized carbons (Fsp3) is 0.231. The topological polar surface area (TPSA) is 117 Å². The summed E-state index contributed by atoms with van der Waals surface area (Å²) in [5, 5.41) is 21.2. The third-order valence-electron chi connectivity index (χ3n) is 6.80. The average molecular weight is 493 g/mol. The lowest BCUT2D eigenvalue weighted by Crippen LogP contribution is -2.14. The molecule has 0 saturated carbocycles. The van der Waals surface area contributed by atoms with E-state index in [4.69, 9.17) is 14.8 Å². The zero-order valence-electron chi connectivity index (χ0n) is 20.8. The molecule has 1 aromatic carbocycles. The predicted molar refractivity (Wildman–Crippen MR) is 135 cm³/mol. The monoisotopic (exact) mass is 492 g/mol. The van der Waals surface area contributed by atoms with Gasteiger partial charge in [-0.25, -0.2) is 14.5 Å². The first-order valence-electron chi connectivity index (χ1n) is 12.0. The van der Waals surface area contributed by atoms with Crippen molar-refractivity contribution in [1.82, 2.24) is 49.3 Å². The molecule has 0 saturated heterocycles. The Morgan fingerprint density at radius 1 is 1.05 bits per heavy atom. The van der Waals surface area contributed by atoms with Gasteiger partial charge in [-0.3, -0.25) is 14.5 Å². The number of hydrogen-bond acceptors (Lipinski definition) is 7. The van der Waals surface area contributed by atoms with Gasteiger partial charge in [0.2, 0.25) is 11.8 Å². The van der Waals surface area contributed by atoms with Gasteiger partial charge in [0.15, 0.2) is 11.5 Å². The van der Waals surface area contributed by atoms with Crippen molar-refractivity contribution in [2.45, 2.75) is 33.2 Å². The van der Waals surface area contributed by atoms with Crippen LogP contribution in [0, 0.1) is 20.8 Å². The highest BCUT2D eigenvalue weighted by Crippen LogP contribution is 2.48. The van der Waals surface area contributed by atoms with Crippen molar-refractivity contribution >= 4 is 5.65 Å². The van der Waals surface area contributed by atoms with E-state index in [1.807, 2.05) is 50.1 Å². The summed E-state index contributed by atoms with van der Waals surface area (Å²) in [7, 11) is 1.90. The Balaban J connectivity index is 1.35. The second-order valence-electron chi connectivity index (χ2n) is 9.50. The van der Waals surface area contributed by atoms with E-state index >= 15 is 0 Å². The van der Waals surface area contributed by atoms with Gasteiger partial charge in [-0.2, -0.15) is 10.2 Å². The maximum atomic E-state index is 6.11. The summed E-state index contributed by atoms with van der Waals surface area (Å²) in [6.45, 7) is 6.74. The number of rotatable bonds is 4. The first-order valence-corrected chi connectivity index (χ1v) is 12.0. The minimum Gasteiger partial charge on any atom is -0.418 e. The van der Waals surface area contributed by atoms with Gasteiger partial charge in [-0.05, 0) is 38.5 Å². The van der Waals surface area contributed by atoms with Crippen LogP contribution in [0.25, 0.3) is 17.0 Å². The van der Waals surface area contributed by atoms with Crippen molar-refractivity contribution in [1.29, 1.82) is 0 Å². The van der Waals surface area contributed by atoms with Gasteiger partial charge in [0, 0.05) is 41.3 Å². The van der Waals surface area contributed by atoms with Crippen LogP contribution in [0.1, 0.15) is 45.3 Å². The minimum absolute atomic E-state index is 0.197. The third kappa shape index (κ3) is 3.42. The molecule has 184 valence electrons. The van der Waals surface area contributed by atoms with Crippen LogP contribution < -0.4 is 4.74 Å². The molecule has 0 aliphatic carbocycles. The highest BCUT2D eigenvalue weighted by Gasteiger charge is 2.37. The highest BCUT2D eigenvalue weighted by atomic mass is 16.5. The van der Waals surface area contributed by atoms with E-state index < -0.39 is 0 Å². The Hall–Kier alpha value is -4.80. The van der Waals surface area contributed by atoms with E-state index in [0.717, 1.165) is 44.9 Å². The number of fused-ring (bicyclic) bond motifs is 4. The van der Waals surface area contributed by atoms with Crippen LogP contribution in [0.3, 0.4) is 0 Å². The van der Waals surface area contributed by atoms with Crippen LogP contribution in [0.15, 0.2) is 49.1 Å². The fourth-order valence-electron chi connectivity index (χ4n) is 5.12. The fourth-order valence-corrected chi connectivity index (χ4v) is 5.12. The Morgan fingerprint density at radius 3 is 2.73 bits per heavy atom. The first kappa shape index (κ1) is 21.5. The van der Waals surface area contributed by atoms with Gasteiger partial charge in [-0.15, -0.1) is 10.2 Å². The van der Waals surface area contributed by atoms with Crippen molar-refractivity contribution in [3.8, 4) is 23.1 Å². The number of ether oxygens (including phenoxy) is 1. The van der Waals surface area contributed by atoms with Crippen molar-refractivity contribution < 1.29 is 4.74 Å². The normalized spacial score (nSPS) is 14.5. The predicted octanol–water partition coefficient (Wildman–Crippen LogP) is 3.70. The van der Waals surface area contributed by atoms with E-state index in [-0.39, 0.29) is 5.92 Å². The maximum absolute atomic E-state index is 6.11. The average Bonchev–Trinajstić information content (AvgIpc) is 3.65. The molecule has 1 atom stereocenters. The van der Waals surface area contributed by atoms with Gasteiger partial charge in [0.05, 0.1) is 29.9 Å². The third-order valence-corrected chi connectivity index (χ3v) is 6.80. The van der Waals surface area contributed by atoms with Crippen molar-refractivity contribution in [3.05, 3.63) is 88.4 Å². The number of aryl methyl sites for hydroxylation is 4. The van der Waals surface area contributed by atoms with Gasteiger partial charge < -0.3 is 4.74 Å². The minimum atomic E-state index is -0.197. The molecule has 0 fully saturated rings. The lowest BCUT2D eigenvalue weighted by Gasteiger charge is -2.24. The van der Waals surface area contributed by atoms with Gasteiger partial charge >= 0.3 is 0 Å². The SMILES string of the molecule is Cc1cc(C)n(Cc2cccc(-c3nc4c5c(ncn4n3)Oc3n[nH]c(C)c3[C@H]5c3cnn(C)c3)c2)n1. The molecule has 11 heteroatoms. The van der Waals surface area contributed by atoms with Crippen LogP contribution in [-0.4, -0.2) is 49.3 Å². The quantitative estimate of drug-likeness (QED) is 0.398. The lowest BCUT2D eigenvalue weighted by molar-refractivity contribution is 0.416. The van der Waals surface area contributed by atoms with E-state index in [0.29, 0.717) is 29.8 Å². The molecule has 0 radical (unpaired) electrons. The molecule has 1 aliphatic heterocycles. The molecule has 0 bridgehead atoms. The number of nitrogens with one attached hydrogen (secondary N) is 1. The summed E-state index contributed by atoms with van der Waals surface area (Å²) >= 11 is 0. The van der Waals surface area contributed by atoms with E-state index in [2.05, 4.69) is 50.5 Å². The van der Waals surface area contributed by atoms with Crippen molar-refractivity contribution in [3.63, 3.8) is 0 Å². The van der Waals surface area contributed by atoms with Crippen LogP contribution >= 0.6 is 0 Å². The van der Waals surface area contributed by atoms with E-state index in [1.165, 1.54) is 0 Å². The van der Waals surface area contributed by atoms with Crippen LogP contribution in [-0.2, 0) is 13.6 Å². The molecule has 1 aliphatic rings. The number of hydrogen-bond donors (Lipinski definition) is 1.